The Morgan fingerprint density at radius 1 is 1.56 bits per heavy atom. The smallest absolute Gasteiger partial charge is 0.242 e. The van der Waals surface area contributed by atoms with E-state index in [-0.39, 0.29) is 12.5 Å². The number of carbonyl (C=O) groups excluding carboxylic acids is 1. The predicted molar refractivity (Wildman–Crippen MR) is 67.4 cm³/mol. The maximum Gasteiger partial charge on any atom is 0.242 e. The highest BCUT2D eigenvalue weighted by Gasteiger charge is 2.30. The van der Waals surface area contributed by atoms with Gasteiger partial charge in [0, 0.05) is 12.6 Å². The lowest BCUT2D eigenvalue weighted by molar-refractivity contribution is -0.122. The molecule has 0 radical (unpaired) electrons. The Morgan fingerprint density at radius 2 is 2.33 bits per heavy atom. The summed E-state index contributed by atoms with van der Waals surface area (Å²) in [7, 11) is 0. The molecule has 1 aromatic rings. The van der Waals surface area contributed by atoms with Crippen molar-refractivity contribution >= 4 is 5.91 Å². The molecule has 3 atom stereocenters. The van der Waals surface area contributed by atoms with Crippen LogP contribution < -0.4 is 11.1 Å². The van der Waals surface area contributed by atoms with Crippen molar-refractivity contribution in [3.05, 3.63) is 11.9 Å². The Morgan fingerprint density at radius 3 is 2.89 bits per heavy atom. The molecule has 0 aliphatic heterocycles. The number of aromatic nitrogens is 3. The van der Waals surface area contributed by atoms with Gasteiger partial charge in [0.1, 0.15) is 6.54 Å². The van der Waals surface area contributed by atoms with Crippen molar-refractivity contribution in [2.45, 2.75) is 45.8 Å². The molecule has 100 valence electrons. The topological polar surface area (TPSA) is 85.8 Å². The number of amides is 1. The second kappa shape index (κ2) is 5.48. The molecule has 2 rings (SSSR count). The maximum absolute atomic E-state index is 11.9. The monoisotopic (exact) mass is 251 g/mol. The lowest BCUT2D eigenvalue weighted by atomic mass is 9.98. The minimum atomic E-state index is -0.00517. The Kier molecular flexibility index (Phi) is 3.96. The summed E-state index contributed by atoms with van der Waals surface area (Å²) in [5.41, 5.74) is 6.14. The SMILES string of the molecule is CC1CCC(NC(=O)Cn2cc(CN)nn2)C1C. The van der Waals surface area contributed by atoms with Crippen molar-refractivity contribution in [2.75, 3.05) is 0 Å². The van der Waals surface area contributed by atoms with Crippen LogP contribution in [0.4, 0.5) is 0 Å². The number of hydrogen-bond donors (Lipinski definition) is 2. The first-order chi connectivity index (χ1) is 8.60. The highest BCUT2D eigenvalue weighted by Crippen LogP contribution is 2.30. The van der Waals surface area contributed by atoms with Crippen LogP contribution in [0.25, 0.3) is 0 Å². The Hall–Kier alpha value is -1.43. The summed E-state index contributed by atoms with van der Waals surface area (Å²) >= 11 is 0. The van der Waals surface area contributed by atoms with Gasteiger partial charge in [-0.2, -0.15) is 0 Å². The van der Waals surface area contributed by atoms with Gasteiger partial charge in [0.15, 0.2) is 0 Å². The third-order valence-electron chi connectivity index (χ3n) is 3.91. The number of rotatable bonds is 4. The molecule has 1 aliphatic rings. The quantitative estimate of drug-likeness (QED) is 0.805. The fraction of sp³-hybridized carbons (Fsp3) is 0.750. The van der Waals surface area contributed by atoms with Gasteiger partial charge >= 0.3 is 0 Å². The molecule has 0 bridgehead atoms. The van der Waals surface area contributed by atoms with E-state index in [1.54, 1.807) is 6.20 Å². The van der Waals surface area contributed by atoms with Crippen molar-refractivity contribution in [3.8, 4) is 0 Å². The van der Waals surface area contributed by atoms with Crippen molar-refractivity contribution in [1.82, 2.24) is 20.3 Å². The van der Waals surface area contributed by atoms with Crippen LogP contribution in [-0.4, -0.2) is 26.9 Å². The first kappa shape index (κ1) is 13.0. The van der Waals surface area contributed by atoms with Gasteiger partial charge in [-0.1, -0.05) is 19.1 Å². The summed E-state index contributed by atoms with van der Waals surface area (Å²) in [6, 6.07) is 0.296. The molecular weight excluding hydrogens is 230 g/mol. The van der Waals surface area contributed by atoms with E-state index in [0.717, 1.165) is 6.42 Å². The minimum absolute atomic E-state index is 0.00517. The van der Waals surface area contributed by atoms with Gasteiger partial charge in [-0.05, 0) is 24.7 Å². The standard InChI is InChI=1S/C12H21N5O/c1-8-3-4-11(9(8)2)14-12(18)7-17-6-10(5-13)15-16-17/h6,8-9,11H,3-5,7,13H2,1-2H3,(H,14,18). The molecule has 3 N–H and O–H groups in total. The van der Waals surface area contributed by atoms with Crippen LogP contribution in [0.1, 0.15) is 32.4 Å². The van der Waals surface area contributed by atoms with Gasteiger partial charge in [0.05, 0.1) is 11.9 Å². The number of carbonyl (C=O) groups is 1. The second-order valence-electron chi connectivity index (χ2n) is 5.20. The Balaban J connectivity index is 1.85. The van der Waals surface area contributed by atoms with Crippen molar-refractivity contribution in [3.63, 3.8) is 0 Å². The largest absolute Gasteiger partial charge is 0.351 e. The van der Waals surface area contributed by atoms with E-state index in [4.69, 9.17) is 5.73 Å². The summed E-state index contributed by atoms with van der Waals surface area (Å²) in [5, 5.41) is 10.8. The summed E-state index contributed by atoms with van der Waals surface area (Å²) in [4.78, 5) is 11.9. The zero-order valence-corrected chi connectivity index (χ0v) is 11.0. The van der Waals surface area contributed by atoms with Gasteiger partial charge in [-0.25, -0.2) is 4.68 Å². The predicted octanol–water partition coefficient (Wildman–Crippen LogP) is 0.288. The Bertz CT molecular complexity index is 416. The third kappa shape index (κ3) is 2.87. The summed E-state index contributed by atoms with van der Waals surface area (Å²) in [6.07, 6.45) is 3.96. The van der Waals surface area contributed by atoms with Crippen molar-refractivity contribution in [2.24, 2.45) is 17.6 Å². The summed E-state index contributed by atoms with van der Waals surface area (Å²) < 4.78 is 1.53. The van der Waals surface area contributed by atoms with Crippen molar-refractivity contribution in [1.29, 1.82) is 0 Å². The fourth-order valence-corrected chi connectivity index (χ4v) is 2.48. The van der Waals surface area contributed by atoms with Gasteiger partial charge in [0.2, 0.25) is 5.91 Å². The highest BCUT2D eigenvalue weighted by molar-refractivity contribution is 5.76. The van der Waals surface area contributed by atoms with E-state index in [1.165, 1.54) is 11.1 Å². The number of nitrogens with zero attached hydrogens (tertiary/aromatic N) is 3. The zero-order chi connectivity index (χ0) is 13.1. The van der Waals surface area contributed by atoms with Crippen LogP contribution in [-0.2, 0) is 17.9 Å². The molecule has 1 saturated carbocycles. The van der Waals surface area contributed by atoms with E-state index >= 15 is 0 Å². The number of nitrogens with two attached hydrogens (primary N) is 1. The van der Waals surface area contributed by atoms with E-state index in [1.807, 2.05) is 0 Å². The molecule has 0 spiro atoms. The number of hydrogen-bond acceptors (Lipinski definition) is 4. The average molecular weight is 251 g/mol. The molecule has 18 heavy (non-hydrogen) atoms. The molecule has 1 amide bonds. The highest BCUT2D eigenvalue weighted by atomic mass is 16.2. The van der Waals surface area contributed by atoms with E-state index in [2.05, 4.69) is 29.5 Å². The first-order valence-corrected chi connectivity index (χ1v) is 6.48. The van der Waals surface area contributed by atoms with Crippen LogP contribution in [0, 0.1) is 11.8 Å². The molecule has 1 heterocycles. The van der Waals surface area contributed by atoms with Crippen LogP contribution in [0.3, 0.4) is 0 Å². The van der Waals surface area contributed by atoms with E-state index in [0.29, 0.717) is 30.1 Å². The molecule has 1 aromatic heterocycles. The van der Waals surface area contributed by atoms with E-state index < -0.39 is 0 Å². The molecule has 3 unspecified atom stereocenters. The fourth-order valence-electron chi connectivity index (χ4n) is 2.48. The van der Waals surface area contributed by atoms with Crippen LogP contribution >= 0.6 is 0 Å². The van der Waals surface area contributed by atoms with Gasteiger partial charge in [-0.3, -0.25) is 4.79 Å². The Labute approximate surface area is 107 Å². The van der Waals surface area contributed by atoms with E-state index in [9.17, 15) is 4.79 Å². The molecule has 1 aliphatic carbocycles. The van der Waals surface area contributed by atoms with Crippen LogP contribution in [0.5, 0.6) is 0 Å². The molecule has 6 nitrogen and oxygen atoms in total. The van der Waals surface area contributed by atoms with Gasteiger partial charge < -0.3 is 11.1 Å². The maximum atomic E-state index is 11.9. The normalized spacial score (nSPS) is 27.4. The van der Waals surface area contributed by atoms with Crippen molar-refractivity contribution < 1.29 is 4.79 Å². The second-order valence-corrected chi connectivity index (χ2v) is 5.20. The third-order valence-corrected chi connectivity index (χ3v) is 3.91. The van der Waals surface area contributed by atoms with Crippen LogP contribution in [0.15, 0.2) is 6.20 Å². The molecule has 6 heteroatoms. The minimum Gasteiger partial charge on any atom is -0.351 e. The van der Waals surface area contributed by atoms with Gasteiger partial charge in [-0.15, -0.1) is 5.10 Å². The summed E-state index contributed by atoms with van der Waals surface area (Å²) in [5.74, 6) is 1.23. The first-order valence-electron chi connectivity index (χ1n) is 6.48. The lowest BCUT2D eigenvalue weighted by Gasteiger charge is -2.19. The number of nitrogens with one attached hydrogen (secondary N) is 1. The van der Waals surface area contributed by atoms with Gasteiger partial charge in [0.25, 0.3) is 0 Å². The lowest BCUT2D eigenvalue weighted by Crippen LogP contribution is -2.39. The molecular formula is C12H21N5O. The molecule has 0 aromatic carbocycles. The van der Waals surface area contributed by atoms with Crippen LogP contribution in [0.2, 0.25) is 0 Å². The zero-order valence-electron chi connectivity index (χ0n) is 11.0. The summed E-state index contributed by atoms with van der Waals surface area (Å²) in [6.45, 7) is 5.00. The average Bonchev–Trinajstić information content (AvgIpc) is 2.91. The molecule has 1 fully saturated rings. The molecule has 0 saturated heterocycles.